The fraction of sp³-hybridized carbons (Fsp3) is 0.750. The standard InChI is InChI=1S/C12H19N3O/c16-11-2-1-7-15-10(11)8-14-12(15)9-3-5-13-6-4-9/h8-9,11,13,16H,1-7H2. The van der Waals surface area contributed by atoms with Crippen molar-refractivity contribution in [3.63, 3.8) is 0 Å². The van der Waals surface area contributed by atoms with Crippen LogP contribution in [0, 0.1) is 0 Å². The highest BCUT2D eigenvalue weighted by molar-refractivity contribution is 5.14. The summed E-state index contributed by atoms with van der Waals surface area (Å²) in [7, 11) is 0. The molecule has 1 saturated heterocycles. The van der Waals surface area contributed by atoms with E-state index in [4.69, 9.17) is 0 Å². The number of piperidine rings is 1. The van der Waals surface area contributed by atoms with Crippen LogP contribution in [0.5, 0.6) is 0 Å². The van der Waals surface area contributed by atoms with Crippen LogP contribution >= 0.6 is 0 Å². The third kappa shape index (κ3) is 1.66. The predicted octanol–water partition coefficient (Wildman–Crippen LogP) is 1.18. The third-order valence-electron chi connectivity index (χ3n) is 3.82. The largest absolute Gasteiger partial charge is 0.387 e. The summed E-state index contributed by atoms with van der Waals surface area (Å²) >= 11 is 0. The van der Waals surface area contributed by atoms with E-state index in [1.54, 1.807) is 0 Å². The summed E-state index contributed by atoms with van der Waals surface area (Å²) in [6.45, 7) is 3.22. The summed E-state index contributed by atoms with van der Waals surface area (Å²) in [6, 6.07) is 0. The van der Waals surface area contributed by atoms with Gasteiger partial charge < -0.3 is 15.0 Å². The highest BCUT2D eigenvalue weighted by Gasteiger charge is 2.26. The average Bonchev–Trinajstić information content (AvgIpc) is 2.75. The van der Waals surface area contributed by atoms with Crippen LogP contribution in [0.2, 0.25) is 0 Å². The van der Waals surface area contributed by atoms with Crippen LogP contribution in [-0.2, 0) is 6.54 Å². The normalized spacial score (nSPS) is 26.7. The van der Waals surface area contributed by atoms with Crippen molar-refractivity contribution in [3.8, 4) is 0 Å². The Labute approximate surface area is 95.7 Å². The van der Waals surface area contributed by atoms with E-state index in [2.05, 4.69) is 14.9 Å². The molecule has 2 N–H and O–H groups in total. The number of aliphatic hydroxyl groups is 1. The molecular formula is C12H19N3O. The van der Waals surface area contributed by atoms with Crippen molar-refractivity contribution in [3.05, 3.63) is 17.7 Å². The van der Waals surface area contributed by atoms with Crippen LogP contribution in [-0.4, -0.2) is 27.7 Å². The van der Waals surface area contributed by atoms with Crippen molar-refractivity contribution < 1.29 is 5.11 Å². The first-order chi connectivity index (χ1) is 7.86. The van der Waals surface area contributed by atoms with Gasteiger partial charge in [0.2, 0.25) is 0 Å². The Kier molecular flexibility index (Phi) is 2.69. The zero-order valence-electron chi connectivity index (χ0n) is 9.52. The van der Waals surface area contributed by atoms with Gasteiger partial charge in [0.25, 0.3) is 0 Å². The Balaban J connectivity index is 1.89. The molecule has 1 fully saturated rings. The summed E-state index contributed by atoms with van der Waals surface area (Å²) in [4.78, 5) is 4.55. The first-order valence-corrected chi connectivity index (χ1v) is 6.30. The molecule has 0 saturated carbocycles. The number of fused-ring (bicyclic) bond motifs is 1. The number of hydrogen-bond acceptors (Lipinski definition) is 3. The van der Waals surface area contributed by atoms with Crippen molar-refractivity contribution in [1.29, 1.82) is 0 Å². The summed E-state index contributed by atoms with van der Waals surface area (Å²) in [5.74, 6) is 1.79. The minimum atomic E-state index is -0.295. The lowest BCUT2D eigenvalue weighted by Crippen LogP contribution is -2.29. The smallest absolute Gasteiger partial charge is 0.112 e. The second-order valence-electron chi connectivity index (χ2n) is 4.88. The van der Waals surface area contributed by atoms with Gasteiger partial charge in [-0.25, -0.2) is 4.98 Å². The maximum atomic E-state index is 9.90. The summed E-state index contributed by atoms with van der Waals surface area (Å²) in [5, 5.41) is 13.3. The van der Waals surface area contributed by atoms with Crippen LogP contribution in [0.15, 0.2) is 6.20 Å². The lowest BCUT2D eigenvalue weighted by molar-refractivity contribution is 0.137. The van der Waals surface area contributed by atoms with E-state index < -0.39 is 0 Å². The molecule has 0 spiro atoms. The van der Waals surface area contributed by atoms with Gasteiger partial charge >= 0.3 is 0 Å². The Morgan fingerprint density at radius 3 is 2.94 bits per heavy atom. The monoisotopic (exact) mass is 221 g/mol. The molecule has 0 bridgehead atoms. The topological polar surface area (TPSA) is 50.1 Å². The molecule has 16 heavy (non-hydrogen) atoms. The fourth-order valence-electron chi connectivity index (χ4n) is 2.91. The van der Waals surface area contributed by atoms with Gasteiger partial charge in [0.05, 0.1) is 18.0 Å². The molecule has 0 amide bonds. The molecule has 0 radical (unpaired) electrons. The lowest BCUT2D eigenvalue weighted by Gasteiger charge is -2.26. The second kappa shape index (κ2) is 4.18. The summed E-state index contributed by atoms with van der Waals surface area (Å²) < 4.78 is 2.25. The zero-order chi connectivity index (χ0) is 11.0. The molecule has 2 aliphatic rings. The maximum absolute atomic E-state index is 9.90. The van der Waals surface area contributed by atoms with Gasteiger partial charge in [-0.1, -0.05) is 0 Å². The van der Waals surface area contributed by atoms with E-state index in [1.807, 2.05) is 6.20 Å². The van der Waals surface area contributed by atoms with Gasteiger partial charge in [0, 0.05) is 12.5 Å². The van der Waals surface area contributed by atoms with Gasteiger partial charge in [-0.3, -0.25) is 0 Å². The number of imidazole rings is 1. The zero-order valence-corrected chi connectivity index (χ0v) is 9.52. The second-order valence-corrected chi connectivity index (χ2v) is 4.88. The SMILES string of the molecule is OC1CCCn2c1cnc2C1CCNCC1. The number of nitrogens with one attached hydrogen (secondary N) is 1. The van der Waals surface area contributed by atoms with Gasteiger partial charge in [0.15, 0.2) is 0 Å². The van der Waals surface area contributed by atoms with E-state index in [0.29, 0.717) is 5.92 Å². The first kappa shape index (κ1) is 10.3. The third-order valence-corrected chi connectivity index (χ3v) is 3.82. The van der Waals surface area contributed by atoms with Crippen LogP contribution < -0.4 is 5.32 Å². The van der Waals surface area contributed by atoms with E-state index >= 15 is 0 Å². The van der Waals surface area contributed by atoms with Gasteiger partial charge in [-0.05, 0) is 38.8 Å². The van der Waals surface area contributed by atoms with Crippen molar-refractivity contribution in [2.75, 3.05) is 13.1 Å². The quantitative estimate of drug-likeness (QED) is 0.748. The van der Waals surface area contributed by atoms with Crippen molar-refractivity contribution in [1.82, 2.24) is 14.9 Å². The lowest BCUT2D eigenvalue weighted by atomic mass is 9.96. The number of aliphatic hydroxyl groups excluding tert-OH is 1. The number of hydrogen-bond donors (Lipinski definition) is 2. The summed E-state index contributed by atoms with van der Waals surface area (Å²) in [5.41, 5.74) is 1.03. The molecule has 0 aromatic carbocycles. The Morgan fingerprint density at radius 1 is 1.31 bits per heavy atom. The maximum Gasteiger partial charge on any atom is 0.112 e. The molecular weight excluding hydrogens is 202 g/mol. The fourth-order valence-corrected chi connectivity index (χ4v) is 2.91. The number of aromatic nitrogens is 2. The highest BCUT2D eigenvalue weighted by atomic mass is 16.3. The minimum Gasteiger partial charge on any atom is -0.387 e. The molecule has 1 aromatic heterocycles. The van der Waals surface area contributed by atoms with Gasteiger partial charge in [-0.15, -0.1) is 0 Å². The Morgan fingerprint density at radius 2 is 2.12 bits per heavy atom. The van der Waals surface area contributed by atoms with Crippen LogP contribution in [0.1, 0.15) is 49.2 Å². The first-order valence-electron chi connectivity index (χ1n) is 6.30. The number of rotatable bonds is 1. The highest BCUT2D eigenvalue weighted by Crippen LogP contribution is 2.31. The van der Waals surface area contributed by atoms with E-state index in [0.717, 1.165) is 38.2 Å². The molecule has 3 rings (SSSR count). The molecule has 3 heterocycles. The van der Waals surface area contributed by atoms with Crippen LogP contribution in [0.3, 0.4) is 0 Å². The van der Waals surface area contributed by atoms with Gasteiger partial charge in [-0.2, -0.15) is 0 Å². The van der Waals surface area contributed by atoms with Crippen LogP contribution in [0.4, 0.5) is 0 Å². The van der Waals surface area contributed by atoms with Gasteiger partial charge in [0.1, 0.15) is 5.82 Å². The molecule has 1 unspecified atom stereocenters. The summed E-state index contributed by atoms with van der Waals surface area (Å²) in [6.07, 6.45) is 5.89. The van der Waals surface area contributed by atoms with Crippen molar-refractivity contribution in [2.45, 2.75) is 44.2 Å². The van der Waals surface area contributed by atoms with E-state index in [9.17, 15) is 5.11 Å². The molecule has 88 valence electrons. The molecule has 0 aliphatic carbocycles. The van der Waals surface area contributed by atoms with E-state index in [1.165, 1.54) is 18.7 Å². The average molecular weight is 221 g/mol. The van der Waals surface area contributed by atoms with Crippen molar-refractivity contribution in [2.24, 2.45) is 0 Å². The Bertz CT molecular complexity index is 368. The molecule has 1 aromatic rings. The van der Waals surface area contributed by atoms with E-state index in [-0.39, 0.29) is 6.10 Å². The van der Waals surface area contributed by atoms with Crippen molar-refractivity contribution >= 4 is 0 Å². The molecule has 4 nitrogen and oxygen atoms in total. The predicted molar refractivity (Wildman–Crippen MR) is 61.3 cm³/mol. The molecule has 2 aliphatic heterocycles. The van der Waals surface area contributed by atoms with Crippen LogP contribution in [0.25, 0.3) is 0 Å². The number of nitrogens with zero attached hydrogens (tertiary/aromatic N) is 2. The Hall–Kier alpha value is -0.870. The molecule has 4 heteroatoms. The minimum absolute atomic E-state index is 0.295. The molecule has 1 atom stereocenters.